The van der Waals surface area contributed by atoms with Gasteiger partial charge in [-0.1, -0.05) is 29.8 Å². The van der Waals surface area contributed by atoms with Crippen molar-refractivity contribution in [1.82, 2.24) is 0 Å². The molecule has 0 radical (unpaired) electrons. The maximum absolute atomic E-state index is 13.1. The Labute approximate surface area is 147 Å². The Morgan fingerprint density at radius 1 is 1.20 bits per heavy atom. The van der Waals surface area contributed by atoms with Gasteiger partial charge in [0, 0.05) is 22.8 Å². The molecule has 0 heterocycles. The molecule has 0 amide bonds. The number of rotatable bonds is 5. The summed E-state index contributed by atoms with van der Waals surface area (Å²) in [6.07, 6.45) is -5.97. The van der Waals surface area contributed by atoms with E-state index in [0.717, 1.165) is 12.1 Å². The van der Waals surface area contributed by atoms with E-state index in [9.17, 15) is 26.7 Å². The molecule has 5 nitrogen and oxygen atoms in total. The number of nitrogens with one attached hydrogen (secondary N) is 1. The monoisotopic (exact) mass is 394 g/mol. The van der Waals surface area contributed by atoms with E-state index in [2.05, 4.69) is 5.32 Å². The fourth-order valence-corrected chi connectivity index (χ4v) is 3.18. The number of benzene rings is 2. The number of halogens is 4. The van der Waals surface area contributed by atoms with Crippen LogP contribution in [0.1, 0.15) is 17.2 Å². The number of sulfonamides is 1. The number of aliphatic hydroxyl groups excluding tert-OH is 1. The van der Waals surface area contributed by atoms with Crippen LogP contribution in [0.3, 0.4) is 0 Å². The van der Waals surface area contributed by atoms with E-state index in [1.807, 2.05) is 0 Å². The fourth-order valence-electron chi connectivity index (χ4n) is 2.18. The van der Waals surface area contributed by atoms with E-state index in [1.165, 1.54) is 0 Å². The zero-order valence-electron chi connectivity index (χ0n) is 12.6. The summed E-state index contributed by atoms with van der Waals surface area (Å²) < 4.78 is 61.8. The third-order valence-electron chi connectivity index (χ3n) is 3.36. The number of hydrogen-bond acceptors (Lipinski definition) is 4. The van der Waals surface area contributed by atoms with Gasteiger partial charge in [-0.3, -0.25) is 0 Å². The van der Waals surface area contributed by atoms with Crippen LogP contribution in [0.5, 0.6) is 0 Å². The van der Waals surface area contributed by atoms with Crippen LogP contribution in [0, 0.1) is 0 Å². The van der Waals surface area contributed by atoms with Crippen molar-refractivity contribution < 1.29 is 26.7 Å². The number of nitrogens with two attached hydrogens (primary N) is 1. The first-order chi connectivity index (χ1) is 11.5. The predicted molar refractivity (Wildman–Crippen MR) is 87.7 cm³/mol. The molecule has 2 rings (SSSR count). The van der Waals surface area contributed by atoms with Crippen LogP contribution in [0.2, 0.25) is 5.02 Å². The van der Waals surface area contributed by atoms with Crippen molar-refractivity contribution in [3.63, 3.8) is 0 Å². The van der Waals surface area contributed by atoms with Crippen molar-refractivity contribution in [2.75, 3.05) is 11.9 Å². The van der Waals surface area contributed by atoms with Crippen LogP contribution in [0.4, 0.5) is 18.9 Å². The Balaban J connectivity index is 2.25. The Morgan fingerprint density at radius 2 is 1.84 bits per heavy atom. The highest BCUT2D eigenvalue weighted by atomic mass is 35.5. The Kier molecular flexibility index (Phi) is 5.62. The summed E-state index contributed by atoms with van der Waals surface area (Å²) in [6.45, 7) is -0.129. The van der Waals surface area contributed by atoms with Crippen molar-refractivity contribution in [3.05, 3.63) is 58.6 Å². The molecule has 4 N–H and O–H groups in total. The van der Waals surface area contributed by atoms with Crippen molar-refractivity contribution in [2.24, 2.45) is 5.14 Å². The van der Waals surface area contributed by atoms with Gasteiger partial charge in [0.15, 0.2) is 0 Å². The summed E-state index contributed by atoms with van der Waals surface area (Å²) in [5.41, 5.74) is -0.994. The molecular formula is C15H14ClF3N2O3S. The van der Waals surface area contributed by atoms with E-state index >= 15 is 0 Å². The number of alkyl halides is 3. The maximum atomic E-state index is 13.1. The lowest BCUT2D eigenvalue weighted by atomic mass is 10.1. The summed E-state index contributed by atoms with van der Waals surface area (Å²) in [6, 6.07) is 9.01. The van der Waals surface area contributed by atoms with Crippen LogP contribution in [-0.2, 0) is 16.2 Å². The second-order valence-corrected chi connectivity index (χ2v) is 7.11. The second-order valence-electron chi connectivity index (χ2n) is 5.17. The van der Waals surface area contributed by atoms with Crippen LogP contribution in [0.25, 0.3) is 0 Å². The molecule has 2 aromatic carbocycles. The molecule has 0 aliphatic heterocycles. The van der Waals surface area contributed by atoms with E-state index in [4.69, 9.17) is 16.7 Å². The highest BCUT2D eigenvalue weighted by Gasteiger charge is 2.36. The van der Waals surface area contributed by atoms with Gasteiger partial charge in [-0.2, -0.15) is 13.2 Å². The molecule has 136 valence electrons. The first kappa shape index (κ1) is 19.5. The average molecular weight is 395 g/mol. The predicted octanol–water partition coefficient (Wildman–Crippen LogP) is 3.15. The molecular weight excluding hydrogens is 381 g/mol. The SMILES string of the molecule is NS(=O)(=O)c1ccc(NCC(O)c2ccccc2Cl)cc1C(F)(F)F. The largest absolute Gasteiger partial charge is 0.417 e. The van der Waals surface area contributed by atoms with Crippen LogP contribution in [0.15, 0.2) is 47.4 Å². The molecule has 1 unspecified atom stereocenters. The van der Waals surface area contributed by atoms with Gasteiger partial charge in [-0.25, -0.2) is 13.6 Å². The number of hydrogen-bond donors (Lipinski definition) is 3. The molecule has 0 bridgehead atoms. The minimum absolute atomic E-state index is 0.0224. The standard InChI is InChI=1S/C15H14ClF3N2O3S/c16-12-4-2-1-3-10(12)13(22)8-21-9-5-6-14(25(20,23)24)11(7-9)15(17,18)19/h1-7,13,21-22H,8H2,(H2,20,23,24). The molecule has 0 fully saturated rings. The van der Waals surface area contributed by atoms with Gasteiger partial charge in [0.25, 0.3) is 0 Å². The van der Waals surface area contributed by atoms with E-state index < -0.39 is 32.8 Å². The van der Waals surface area contributed by atoms with E-state index in [1.54, 1.807) is 24.3 Å². The zero-order chi connectivity index (χ0) is 18.8. The van der Waals surface area contributed by atoms with Crippen LogP contribution in [-0.4, -0.2) is 20.1 Å². The minimum Gasteiger partial charge on any atom is -0.387 e. The third kappa shape index (κ3) is 4.85. The highest BCUT2D eigenvalue weighted by molar-refractivity contribution is 7.89. The molecule has 1 atom stereocenters. The lowest BCUT2D eigenvalue weighted by Crippen LogP contribution is -2.20. The summed E-state index contributed by atoms with van der Waals surface area (Å²) in [4.78, 5) is -1.02. The smallest absolute Gasteiger partial charge is 0.387 e. The summed E-state index contributed by atoms with van der Waals surface area (Å²) >= 11 is 5.94. The van der Waals surface area contributed by atoms with Gasteiger partial charge in [0.1, 0.15) is 0 Å². The van der Waals surface area contributed by atoms with E-state index in [0.29, 0.717) is 16.7 Å². The first-order valence-electron chi connectivity index (χ1n) is 6.90. The van der Waals surface area contributed by atoms with Crippen molar-refractivity contribution >= 4 is 27.3 Å². The third-order valence-corrected chi connectivity index (χ3v) is 4.67. The lowest BCUT2D eigenvalue weighted by Gasteiger charge is -2.17. The Hall–Kier alpha value is -1.81. The number of anilines is 1. The quantitative estimate of drug-likeness (QED) is 0.726. The van der Waals surface area contributed by atoms with Gasteiger partial charge in [0.05, 0.1) is 16.6 Å². The lowest BCUT2D eigenvalue weighted by molar-refractivity contribution is -0.139. The molecule has 0 aromatic heterocycles. The van der Waals surface area contributed by atoms with Gasteiger partial charge in [-0.05, 0) is 24.3 Å². The average Bonchev–Trinajstić information content (AvgIpc) is 2.51. The first-order valence-corrected chi connectivity index (χ1v) is 8.83. The summed E-state index contributed by atoms with van der Waals surface area (Å²) in [5.74, 6) is 0. The molecule has 0 saturated carbocycles. The van der Waals surface area contributed by atoms with Crippen molar-refractivity contribution in [1.29, 1.82) is 0 Å². The van der Waals surface area contributed by atoms with Crippen LogP contribution >= 0.6 is 11.6 Å². The minimum atomic E-state index is -4.90. The molecule has 0 saturated heterocycles. The second kappa shape index (κ2) is 7.20. The zero-order valence-corrected chi connectivity index (χ0v) is 14.2. The molecule has 10 heteroatoms. The fraction of sp³-hybridized carbons (Fsp3) is 0.200. The van der Waals surface area contributed by atoms with Crippen molar-refractivity contribution in [3.8, 4) is 0 Å². The van der Waals surface area contributed by atoms with Crippen LogP contribution < -0.4 is 10.5 Å². The van der Waals surface area contributed by atoms with Crippen molar-refractivity contribution in [2.45, 2.75) is 17.2 Å². The molecule has 25 heavy (non-hydrogen) atoms. The van der Waals surface area contributed by atoms with Gasteiger partial charge in [-0.15, -0.1) is 0 Å². The molecule has 2 aromatic rings. The summed E-state index contributed by atoms with van der Waals surface area (Å²) in [7, 11) is -4.53. The Morgan fingerprint density at radius 3 is 2.40 bits per heavy atom. The molecule has 0 aliphatic carbocycles. The van der Waals surface area contributed by atoms with Gasteiger partial charge in [0.2, 0.25) is 10.0 Å². The normalized spacial score (nSPS) is 13.5. The Bertz CT molecular complexity index is 873. The molecule has 0 aliphatic rings. The van der Waals surface area contributed by atoms with Gasteiger partial charge >= 0.3 is 6.18 Å². The molecule has 0 spiro atoms. The highest BCUT2D eigenvalue weighted by Crippen LogP contribution is 2.35. The number of primary sulfonamides is 1. The number of aliphatic hydroxyl groups is 1. The topological polar surface area (TPSA) is 92.4 Å². The maximum Gasteiger partial charge on any atom is 0.417 e. The summed E-state index contributed by atoms with van der Waals surface area (Å²) in [5, 5.41) is 17.8. The van der Waals surface area contributed by atoms with Gasteiger partial charge < -0.3 is 10.4 Å². The van der Waals surface area contributed by atoms with E-state index in [-0.39, 0.29) is 12.2 Å².